The molecular weight excluding hydrogens is 316 g/mol. The molecule has 0 saturated heterocycles. The van der Waals surface area contributed by atoms with Crippen molar-refractivity contribution >= 4 is 33.8 Å². The van der Waals surface area contributed by atoms with Crippen molar-refractivity contribution in [3.05, 3.63) is 34.3 Å². The second kappa shape index (κ2) is 6.74. The Morgan fingerprint density at radius 3 is 2.42 bits per heavy atom. The molecule has 1 unspecified atom stereocenters. The number of primary amides is 1. The van der Waals surface area contributed by atoms with Gasteiger partial charge in [0.05, 0.1) is 5.56 Å². The molecule has 0 aliphatic rings. The number of nitrogens with one attached hydrogen (secondary N) is 3. The van der Waals surface area contributed by atoms with Crippen LogP contribution in [0.4, 0.5) is 4.79 Å². The van der Waals surface area contributed by atoms with E-state index in [2.05, 4.69) is 32.1 Å². The molecule has 0 aliphatic carbocycles. The van der Waals surface area contributed by atoms with Crippen molar-refractivity contribution in [2.75, 3.05) is 0 Å². The molecule has 8 heteroatoms. The number of halogens is 1. The van der Waals surface area contributed by atoms with Gasteiger partial charge in [0.15, 0.2) is 0 Å². The Hall–Kier alpha value is -2.09. The van der Waals surface area contributed by atoms with Gasteiger partial charge in [0.1, 0.15) is 6.04 Å². The highest BCUT2D eigenvalue weighted by molar-refractivity contribution is 9.10. The van der Waals surface area contributed by atoms with E-state index in [-0.39, 0.29) is 0 Å². The number of benzene rings is 1. The third kappa shape index (κ3) is 4.59. The first-order valence-electron chi connectivity index (χ1n) is 5.32. The number of hydrazine groups is 1. The lowest BCUT2D eigenvalue weighted by molar-refractivity contribution is -0.123. The number of hydrogen-bond acceptors (Lipinski definition) is 3. The first-order chi connectivity index (χ1) is 8.91. The van der Waals surface area contributed by atoms with Crippen molar-refractivity contribution < 1.29 is 14.4 Å². The van der Waals surface area contributed by atoms with Gasteiger partial charge in [-0.2, -0.15) is 0 Å². The van der Waals surface area contributed by atoms with Crippen molar-refractivity contribution in [3.8, 4) is 0 Å². The Morgan fingerprint density at radius 2 is 1.84 bits per heavy atom. The predicted molar refractivity (Wildman–Crippen MR) is 71.9 cm³/mol. The maximum absolute atomic E-state index is 11.7. The summed E-state index contributed by atoms with van der Waals surface area (Å²) in [6.45, 7) is 1.44. The van der Waals surface area contributed by atoms with Crippen LogP contribution in [-0.4, -0.2) is 23.9 Å². The molecule has 0 aliphatic heterocycles. The second-order valence-corrected chi connectivity index (χ2v) is 4.51. The molecule has 0 spiro atoms. The number of nitrogens with two attached hydrogens (primary N) is 1. The molecule has 1 rings (SSSR count). The zero-order valence-corrected chi connectivity index (χ0v) is 11.7. The zero-order chi connectivity index (χ0) is 14.4. The first kappa shape index (κ1) is 15.0. The number of rotatable bonds is 3. The van der Waals surface area contributed by atoms with E-state index in [1.54, 1.807) is 24.3 Å². The van der Waals surface area contributed by atoms with Gasteiger partial charge < -0.3 is 11.1 Å². The summed E-state index contributed by atoms with van der Waals surface area (Å²) in [5.74, 6) is -1.06. The molecule has 4 amide bonds. The van der Waals surface area contributed by atoms with Gasteiger partial charge in [-0.15, -0.1) is 0 Å². The Bertz CT molecular complexity index is 506. The van der Waals surface area contributed by atoms with E-state index in [1.165, 1.54) is 6.92 Å². The van der Waals surface area contributed by atoms with Gasteiger partial charge in [-0.25, -0.2) is 4.79 Å². The van der Waals surface area contributed by atoms with Gasteiger partial charge >= 0.3 is 6.03 Å². The highest BCUT2D eigenvalue weighted by atomic mass is 79.9. The fraction of sp³-hybridized carbons (Fsp3) is 0.182. The van der Waals surface area contributed by atoms with Crippen LogP contribution in [0.15, 0.2) is 28.7 Å². The SMILES string of the molecule is CC(NC(N)=O)C(=O)NNC(=O)c1ccccc1Br. The Labute approximate surface area is 118 Å². The molecule has 0 saturated carbocycles. The highest BCUT2D eigenvalue weighted by Gasteiger charge is 2.15. The predicted octanol–water partition coefficient (Wildman–Crippen LogP) is 0.267. The molecule has 1 aromatic rings. The van der Waals surface area contributed by atoms with Crippen LogP contribution in [0.1, 0.15) is 17.3 Å². The maximum atomic E-state index is 11.7. The summed E-state index contributed by atoms with van der Waals surface area (Å²) in [6.07, 6.45) is 0. The zero-order valence-electron chi connectivity index (χ0n) is 10.1. The summed E-state index contributed by atoms with van der Waals surface area (Å²) in [5.41, 5.74) is 9.66. The number of amides is 4. The first-order valence-corrected chi connectivity index (χ1v) is 6.12. The highest BCUT2D eigenvalue weighted by Crippen LogP contribution is 2.14. The molecule has 7 nitrogen and oxygen atoms in total. The van der Waals surface area contributed by atoms with E-state index in [4.69, 9.17) is 5.73 Å². The smallest absolute Gasteiger partial charge is 0.312 e. The van der Waals surface area contributed by atoms with Crippen LogP contribution in [0.2, 0.25) is 0 Å². The summed E-state index contributed by atoms with van der Waals surface area (Å²) in [4.78, 5) is 33.8. The molecule has 102 valence electrons. The van der Waals surface area contributed by atoms with E-state index in [1.807, 2.05) is 0 Å². The van der Waals surface area contributed by atoms with E-state index < -0.39 is 23.9 Å². The minimum Gasteiger partial charge on any atom is -0.352 e. The lowest BCUT2D eigenvalue weighted by atomic mass is 10.2. The quantitative estimate of drug-likeness (QED) is 0.597. The molecule has 0 fully saturated rings. The lowest BCUT2D eigenvalue weighted by Crippen LogP contribution is -2.52. The Kier molecular flexibility index (Phi) is 5.31. The van der Waals surface area contributed by atoms with Crippen LogP contribution in [0.25, 0.3) is 0 Å². The summed E-state index contributed by atoms with van der Waals surface area (Å²) in [6, 6.07) is 5.08. The van der Waals surface area contributed by atoms with Crippen molar-refractivity contribution in [2.24, 2.45) is 5.73 Å². The largest absolute Gasteiger partial charge is 0.352 e. The molecule has 1 atom stereocenters. The summed E-state index contributed by atoms with van der Waals surface area (Å²) in [7, 11) is 0. The number of urea groups is 1. The van der Waals surface area contributed by atoms with Crippen LogP contribution in [-0.2, 0) is 4.79 Å². The van der Waals surface area contributed by atoms with Gasteiger partial charge in [-0.1, -0.05) is 12.1 Å². The maximum Gasteiger partial charge on any atom is 0.312 e. The minimum absolute atomic E-state index is 0.373. The third-order valence-corrected chi connectivity index (χ3v) is 2.86. The fourth-order valence-corrected chi connectivity index (χ4v) is 1.68. The van der Waals surface area contributed by atoms with Crippen LogP contribution >= 0.6 is 15.9 Å². The minimum atomic E-state index is -0.850. The number of hydrogen-bond donors (Lipinski definition) is 4. The van der Waals surface area contributed by atoms with Crippen molar-refractivity contribution in [3.63, 3.8) is 0 Å². The van der Waals surface area contributed by atoms with Gasteiger partial charge in [-0.3, -0.25) is 20.4 Å². The average molecular weight is 329 g/mol. The molecule has 0 bridgehead atoms. The van der Waals surface area contributed by atoms with Crippen molar-refractivity contribution in [1.82, 2.24) is 16.2 Å². The van der Waals surface area contributed by atoms with E-state index >= 15 is 0 Å². The van der Waals surface area contributed by atoms with E-state index in [0.717, 1.165) is 0 Å². The van der Waals surface area contributed by atoms with Gasteiger partial charge in [0.25, 0.3) is 11.8 Å². The monoisotopic (exact) mass is 328 g/mol. The standard InChI is InChI=1S/C11H13BrN4O3/c1-6(14-11(13)19)9(17)15-16-10(18)7-4-2-3-5-8(7)12/h2-6H,1H3,(H,15,17)(H,16,18)(H3,13,14,19). The molecule has 0 radical (unpaired) electrons. The van der Waals surface area contributed by atoms with Gasteiger partial charge in [0, 0.05) is 4.47 Å². The number of carbonyl (C=O) groups is 3. The molecule has 19 heavy (non-hydrogen) atoms. The molecule has 5 N–H and O–H groups in total. The number of carbonyl (C=O) groups excluding carboxylic acids is 3. The molecular formula is C11H13BrN4O3. The van der Waals surface area contributed by atoms with Crippen LogP contribution < -0.4 is 21.9 Å². The van der Waals surface area contributed by atoms with E-state index in [0.29, 0.717) is 10.0 Å². The average Bonchev–Trinajstić information content (AvgIpc) is 2.35. The third-order valence-electron chi connectivity index (χ3n) is 2.17. The summed E-state index contributed by atoms with van der Waals surface area (Å²) in [5, 5.41) is 2.18. The second-order valence-electron chi connectivity index (χ2n) is 3.65. The molecule has 0 aromatic heterocycles. The summed E-state index contributed by atoms with van der Waals surface area (Å²) >= 11 is 3.22. The Morgan fingerprint density at radius 1 is 1.21 bits per heavy atom. The topological polar surface area (TPSA) is 113 Å². The fourth-order valence-electron chi connectivity index (χ4n) is 1.22. The Balaban J connectivity index is 2.53. The van der Waals surface area contributed by atoms with Crippen molar-refractivity contribution in [1.29, 1.82) is 0 Å². The van der Waals surface area contributed by atoms with E-state index in [9.17, 15) is 14.4 Å². The normalized spacial score (nSPS) is 11.3. The van der Waals surface area contributed by atoms with Gasteiger partial charge in [-0.05, 0) is 35.0 Å². The van der Waals surface area contributed by atoms with Gasteiger partial charge in [0.2, 0.25) is 0 Å². The lowest BCUT2D eigenvalue weighted by Gasteiger charge is -2.13. The van der Waals surface area contributed by atoms with Crippen LogP contribution in [0.3, 0.4) is 0 Å². The molecule has 0 heterocycles. The summed E-state index contributed by atoms with van der Waals surface area (Å²) < 4.78 is 0.602. The van der Waals surface area contributed by atoms with Crippen molar-refractivity contribution in [2.45, 2.75) is 13.0 Å². The molecule has 1 aromatic carbocycles. The van der Waals surface area contributed by atoms with Crippen LogP contribution in [0.5, 0.6) is 0 Å². The van der Waals surface area contributed by atoms with Crippen LogP contribution in [0, 0.1) is 0 Å².